The average Bonchev–Trinajstić information content (AvgIpc) is 3.31. The highest BCUT2D eigenvalue weighted by Gasteiger charge is 2.17. The smallest absolute Gasteiger partial charge is 0.262 e. The van der Waals surface area contributed by atoms with E-state index in [1.807, 2.05) is 17.5 Å². The Balaban J connectivity index is 1.66. The first-order valence-corrected chi connectivity index (χ1v) is 8.29. The Morgan fingerprint density at radius 2 is 2.32 bits per heavy atom. The van der Waals surface area contributed by atoms with E-state index in [1.165, 1.54) is 11.3 Å². The maximum atomic E-state index is 11.5. The Kier molecular flexibility index (Phi) is 3.80. The lowest BCUT2D eigenvalue weighted by molar-refractivity contribution is -0.118. The number of hydrogen-bond acceptors (Lipinski definition) is 6. The van der Waals surface area contributed by atoms with Crippen molar-refractivity contribution in [2.45, 2.75) is 0 Å². The van der Waals surface area contributed by atoms with Crippen LogP contribution in [-0.4, -0.2) is 17.5 Å². The van der Waals surface area contributed by atoms with Crippen molar-refractivity contribution >= 4 is 34.6 Å². The minimum atomic E-state index is -0.184. The monoisotopic (exact) mass is 349 g/mol. The molecule has 1 aliphatic rings. The first kappa shape index (κ1) is 15.2. The minimum absolute atomic E-state index is 0.0241. The molecule has 0 aliphatic carbocycles. The fraction of sp³-hybridized carbons (Fsp3) is 0.0556. The predicted molar refractivity (Wildman–Crippen MR) is 93.9 cm³/mol. The summed E-state index contributed by atoms with van der Waals surface area (Å²) >= 11 is 1.37. The number of anilines is 1. The van der Waals surface area contributed by atoms with Crippen LogP contribution in [-0.2, 0) is 4.79 Å². The van der Waals surface area contributed by atoms with Gasteiger partial charge in [-0.1, -0.05) is 0 Å². The van der Waals surface area contributed by atoms with Gasteiger partial charge < -0.3 is 14.5 Å². The van der Waals surface area contributed by atoms with Gasteiger partial charge in [-0.2, -0.15) is 5.26 Å². The number of carbonyl (C=O) groups excluding carboxylic acids is 1. The Morgan fingerprint density at radius 1 is 1.40 bits per heavy atom. The van der Waals surface area contributed by atoms with Crippen LogP contribution in [0, 0.1) is 11.3 Å². The number of aromatic nitrogens is 1. The van der Waals surface area contributed by atoms with Crippen molar-refractivity contribution in [3.05, 3.63) is 52.7 Å². The number of allylic oxidation sites excluding steroid dienone is 1. The molecule has 3 heterocycles. The molecule has 3 aromatic rings. The lowest BCUT2D eigenvalue weighted by atomic mass is 10.1. The first-order valence-electron chi connectivity index (χ1n) is 7.41. The van der Waals surface area contributed by atoms with E-state index in [-0.39, 0.29) is 12.5 Å². The van der Waals surface area contributed by atoms with E-state index in [9.17, 15) is 10.1 Å². The van der Waals surface area contributed by atoms with E-state index in [0.29, 0.717) is 27.8 Å². The van der Waals surface area contributed by atoms with Crippen molar-refractivity contribution in [3.63, 3.8) is 0 Å². The summed E-state index contributed by atoms with van der Waals surface area (Å²) < 4.78 is 10.6. The number of benzene rings is 1. The molecule has 0 radical (unpaired) electrons. The summed E-state index contributed by atoms with van der Waals surface area (Å²) in [6.45, 7) is 0.0241. The van der Waals surface area contributed by atoms with Crippen LogP contribution in [0.1, 0.15) is 10.8 Å². The van der Waals surface area contributed by atoms with Crippen molar-refractivity contribution in [3.8, 4) is 23.1 Å². The van der Waals surface area contributed by atoms with Gasteiger partial charge in [0.1, 0.15) is 22.6 Å². The molecule has 0 unspecified atom stereocenters. The number of ether oxygens (including phenoxy) is 1. The fourth-order valence-corrected chi connectivity index (χ4v) is 3.22. The van der Waals surface area contributed by atoms with Gasteiger partial charge in [-0.15, -0.1) is 11.3 Å². The molecule has 0 bridgehead atoms. The molecular weight excluding hydrogens is 338 g/mol. The molecule has 0 atom stereocenters. The normalized spacial score (nSPS) is 13.6. The lowest BCUT2D eigenvalue weighted by Crippen LogP contribution is -2.25. The fourth-order valence-electron chi connectivity index (χ4n) is 2.43. The number of thiazole rings is 1. The number of nitrogens with one attached hydrogen (secondary N) is 1. The topological polar surface area (TPSA) is 88.2 Å². The second-order valence-electron chi connectivity index (χ2n) is 5.27. The van der Waals surface area contributed by atoms with E-state index in [4.69, 9.17) is 9.15 Å². The molecule has 25 heavy (non-hydrogen) atoms. The Bertz CT molecular complexity index is 1010. The molecule has 6 nitrogen and oxygen atoms in total. The second kappa shape index (κ2) is 6.26. The highest BCUT2D eigenvalue weighted by Crippen LogP contribution is 2.34. The summed E-state index contributed by atoms with van der Waals surface area (Å²) in [5.41, 5.74) is 2.61. The molecule has 0 fully saturated rings. The van der Waals surface area contributed by atoms with Gasteiger partial charge in [0.05, 0.1) is 23.2 Å². The number of carbonyl (C=O) groups is 1. The van der Waals surface area contributed by atoms with Crippen LogP contribution >= 0.6 is 11.3 Å². The van der Waals surface area contributed by atoms with Crippen LogP contribution in [0.5, 0.6) is 5.75 Å². The maximum Gasteiger partial charge on any atom is 0.262 e. The molecule has 1 N–H and O–H groups in total. The summed E-state index contributed by atoms with van der Waals surface area (Å²) in [6.07, 6.45) is 3.21. The van der Waals surface area contributed by atoms with Crippen molar-refractivity contribution in [1.82, 2.24) is 4.98 Å². The quantitative estimate of drug-likeness (QED) is 0.727. The van der Waals surface area contributed by atoms with Crippen LogP contribution < -0.4 is 10.1 Å². The van der Waals surface area contributed by atoms with Crippen molar-refractivity contribution in [2.24, 2.45) is 0 Å². The minimum Gasteiger partial charge on any atom is -0.482 e. The average molecular weight is 349 g/mol. The number of hydrogen-bond donors (Lipinski definition) is 1. The van der Waals surface area contributed by atoms with Crippen molar-refractivity contribution in [2.75, 3.05) is 11.9 Å². The number of fused-ring (bicyclic) bond motifs is 1. The van der Waals surface area contributed by atoms with Crippen LogP contribution in [0.15, 0.2) is 46.4 Å². The Morgan fingerprint density at radius 3 is 3.12 bits per heavy atom. The van der Waals surface area contributed by atoms with E-state index in [2.05, 4.69) is 16.4 Å². The number of nitrogens with zero attached hydrogens (tertiary/aromatic N) is 2. The van der Waals surface area contributed by atoms with Gasteiger partial charge in [-0.25, -0.2) is 4.98 Å². The Hall–Kier alpha value is -3.37. The molecule has 7 heteroatoms. The third kappa shape index (κ3) is 3.03. The Labute approximate surface area is 147 Å². The van der Waals surface area contributed by atoms with Crippen LogP contribution in [0.3, 0.4) is 0 Å². The summed E-state index contributed by atoms with van der Waals surface area (Å²) in [5.74, 6) is 1.05. The maximum absolute atomic E-state index is 11.5. The van der Waals surface area contributed by atoms with E-state index in [0.717, 1.165) is 11.3 Å². The van der Waals surface area contributed by atoms with Crippen molar-refractivity contribution in [1.29, 1.82) is 5.26 Å². The van der Waals surface area contributed by atoms with Crippen LogP contribution in [0.25, 0.3) is 22.9 Å². The molecule has 4 rings (SSSR count). The molecule has 1 aromatic carbocycles. The summed E-state index contributed by atoms with van der Waals surface area (Å²) in [7, 11) is 0. The highest BCUT2D eigenvalue weighted by atomic mass is 32.1. The van der Waals surface area contributed by atoms with Gasteiger partial charge in [0, 0.05) is 17.0 Å². The van der Waals surface area contributed by atoms with Gasteiger partial charge in [0.25, 0.3) is 5.91 Å². The van der Waals surface area contributed by atoms with Gasteiger partial charge in [-0.3, -0.25) is 4.79 Å². The van der Waals surface area contributed by atoms with Gasteiger partial charge in [-0.05, 0) is 30.3 Å². The zero-order valence-electron chi connectivity index (χ0n) is 12.9. The molecule has 122 valence electrons. The molecule has 0 saturated carbocycles. The van der Waals surface area contributed by atoms with E-state index >= 15 is 0 Å². The standard InChI is InChI=1S/C18H11N3O3S/c19-8-12(6-13-2-1-5-23-13)18-21-15(10-25-18)11-3-4-16-14(7-11)20-17(22)9-24-16/h1-7,10H,9H2,(H,20,22)/b12-6+. The second-order valence-corrected chi connectivity index (χ2v) is 6.13. The SMILES string of the molecule is N#C/C(=C\c1ccco1)c1nc(-c2ccc3c(c2)NC(=O)CO3)cs1. The lowest BCUT2D eigenvalue weighted by Gasteiger charge is -2.18. The van der Waals surface area contributed by atoms with E-state index < -0.39 is 0 Å². The number of furan rings is 1. The zero-order chi connectivity index (χ0) is 17.2. The van der Waals surface area contributed by atoms with Gasteiger partial charge in [0.2, 0.25) is 0 Å². The van der Waals surface area contributed by atoms with Crippen LogP contribution in [0.2, 0.25) is 0 Å². The van der Waals surface area contributed by atoms with Gasteiger partial charge in [0.15, 0.2) is 6.61 Å². The number of nitriles is 1. The zero-order valence-corrected chi connectivity index (χ0v) is 13.7. The third-order valence-electron chi connectivity index (χ3n) is 3.59. The number of rotatable bonds is 3. The molecule has 1 amide bonds. The molecule has 1 aliphatic heterocycles. The molecule has 0 saturated heterocycles. The predicted octanol–water partition coefficient (Wildman–Crippen LogP) is 3.80. The number of amides is 1. The van der Waals surface area contributed by atoms with E-state index in [1.54, 1.807) is 30.5 Å². The van der Waals surface area contributed by atoms with Crippen LogP contribution in [0.4, 0.5) is 5.69 Å². The molecule has 2 aromatic heterocycles. The molecule has 0 spiro atoms. The summed E-state index contributed by atoms with van der Waals surface area (Å²) in [6, 6.07) is 11.2. The first-order chi connectivity index (χ1) is 12.2. The highest BCUT2D eigenvalue weighted by molar-refractivity contribution is 7.11. The largest absolute Gasteiger partial charge is 0.482 e. The summed E-state index contributed by atoms with van der Waals surface area (Å²) in [5, 5.41) is 14.6. The van der Waals surface area contributed by atoms with Crippen molar-refractivity contribution < 1.29 is 13.9 Å². The summed E-state index contributed by atoms with van der Waals surface area (Å²) in [4.78, 5) is 16.0. The third-order valence-corrected chi connectivity index (χ3v) is 4.47. The molecular formula is C18H11N3O3S. The van der Waals surface area contributed by atoms with Gasteiger partial charge >= 0.3 is 0 Å².